The van der Waals surface area contributed by atoms with Crippen molar-refractivity contribution in [2.75, 3.05) is 47.5 Å². The predicted molar refractivity (Wildman–Crippen MR) is 282 cm³/mol. The van der Waals surface area contributed by atoms with Crippen LogP contribution in [0.3, 0.4) is 0 Å². The van der Waals surface area contributed by atoms with Gasteiger partial charge in [0.1, 0.15) is 19.8 Å². The number of ether oxygens (including phenoxy) is 2. The molecule has 0 aliphatic rings. The van der Waals surface area contributed by atoms with Crippen molar-refractivity contribution < 1.29 is 42.1 Å². The minimum absolute atomic E-state index is 0.0317. The maximum absolute atomic E-state index is 12.7. The van der Waals surface area contributed by atoms with Crippen molar-refractivity contribution in [2.45, 2.75) is 283 Å². The molecule has 10 heteroatoms. The van der Waals surface area contributed by atoms with Crippen LogP contribution in [0.1, 0.15) is 277 Å². The van der Waals surface area contributed by atoms with Crippen molar-refractivity contribution in [2.24, 2.45) is 0 Å². The fourth-order valence-corrected chi connectivity index (χ4v) is 9.01. The first-order chi connectivity index (χ1) is 32.5. The van der Waals surface area contributed by atoms with E-state index in [0.29, 0.717) is 17.4 Å². The fraction of sp³-hybridized carbons (Fsp3) is 0.895. The molecule has 2 atom stereocenters. The van der Waals surface area contributed by atoms with E-state index in [-0.39, 0.29) is 32.0 Å². The van der Waals surface area contributed by atoms with E-state index in [2.05, 4.69) is 38.2 Å². The van der Waals surface area contributed by atoms with Crippen LogP contribution in [0.5, 0.6) is 0 Å². The third kappa shape index (κ3) is 53.7. The van der Waals surface area contributed by atoms with E-state index in [9.17, 15) is 19.0 Å². The summed E-state index contributed by atoms with van der Waals surface area (Å²) < 4.78 is 34.0. The Morgan fingerprint density at radius 2 is 0.836 bits per heavy atom. The molecule has 0 saturated heterocycles. The molecular formula is C57H110NO8P. The number of hydrogen-bond acceptors (Lipinski definition) is 8. The highest BCUT2D eigenvalue weighted by Crippen LogP contribution is 2.38. The fourth-order valence-electron chi connectivity index (χ4n) is 8.28. The molecule has 0 radical (unpaired) electrons. The largest absolute Gasteiger partial charge is 0.756 e. The predicted octanol–water partition coefficient (Wildman–Crippen LogP) is 16.8. The Morgan fingerprint density at radius 3 is 1.24 bits per heavy atom. The zero-order valence-corrected chi connectivity index (χ0v) is 45.8. The summed E-state index contributed by atoms with van der Waals surface area (Å²) in [5, 5.41) is 0. The lowest BCUT2D eigenvalue weighted by molar-refractivity contribution is -0.870. The van der Waals surface area contributed by atoms with Gasteiger partial charge >= 0.3 is 11.9 Å². The Labute approximate surface area is 415 Å². The number of phosphoric ester groups is 1. The molecule has 396 valence electrons. The van der Waals surface area contributed by atoms with E-state index in [1.165, 1.54) is 180 Å². The lowest BCUT2D eigenvalue weighted by Crippen LogP contribution is -2.37. The first kappa shape index (κ1) is 65.5. The van der Waals surface area contributed by atoms with Gasteiger partial charge in [-0.2, -0.15) is 0 Å². The number of carbonyl (C=O) groups excluding carboxylic acids is 2. The van der Waals surface area contributed by atoms with Gasteiger partial charge in [-0.1, -0.05) is 250 Å². The molecule has 0 aromatic heterocycles. The summed E-state index contributed by atoms with van der Waals surface area (Å²) in [6.07, 6.45) is 58.2. The van der Waals surface area contributed by atoms with Crippen LogP contribution < -0.4 is 4.89 Å². The minimum atomic E-state index is -4.63. The molecule has 0 aliphatic carbocycles. The van der Waals surface area contributed by atoms with E-state index in [1.807, 2.05) is 21.1 Å². The van der Waals surface area contributed by atoms with Crippen LogP contribution in [-0.4, -0.2) is 70.0 Å². The standard InChI is InChI=1S/C57H110NO8P/c1-6-8-10-12-14-16-18-20-21-22-23-24-25-26-27-28-29-30-31-32-33-34-35-36-38-39-41-43-45-47-49-56(59)63-53-55(54-65-67(61,62)64-52-51-58(3,4)5)66-57(60)50-48-46-44-42-40-37-19-17-15-13-11-9-7-2/h11,13,17,19,55H,6-10,12,14-16,18,20-54H2,1-5H3/b13-11-,19-17-. The Balaban J connectivity index is 3.98. The normalized spacial score (nSPS) is 13.5. The Kier molecular flexibility index (Phi) is 48.4. The highest BCUT2D eigenvalue weighted by Gasteiger charge is 2.22. The van der Waals surface area contributed by atoms with Gasteiger partial charge in [0.15, 0.2) is 6.10 Å². The van der Waals surface area contributed by atoms with Gasteiger partial charge in [-0.05, 0) is 38.5 Å². The first-order valence-electron chi connectivity index (χ1n) is 28.5. The Bertz CT molecular complexity index is 1190. The minimum Gasteiger partial charge on any atom is -0.756 e. The lowest BCUT2D eigenvalue weighted by atomic mass is 10.0. The van der Waals surface area contributed by atoms with Crippen LogP contribution >= 0.6 is 7.82 Å². The van der Waals surface area contributed by atoms with Crippen LogP contribution in [0.25, 0.3) is 0 Å². The number of quaternary nitrogens is 1. The molecule has 0 spiro atoms. The molecule has 0 aromatic carbocycles. The summed E-state index contributed by atoms with van der Waals surface area (Å²) in [4.78, 5) is 37.7. The van der Waals surface area contributed by atoms with Crippen molar-refractivity contribution in [3.8, 4) is 0 Å². The highest BCUT2D eigenvalue weighted by molar-refractivity contribution is 7.45. The summed E-state index contributed by atoms with van der Waals surface area (Å²) in [5.74, 6) is -0.838. The molecular weight excluding hydrogens is 858 g/mol. The number of phosphoric acid groups is 1. The number of rotatable bonds is 53. The van der Waals surface area contributed by atoms with Gasteiger partial charge in [-0.25, -0.2) is 0 Å². The SMILES string of the molecule is CCC/C=C\C/C=C\CCCCCCCC(=O)OC(COC(=O)CCCCCCCCCCCCCCCCCCCCCCCCCCCCCCCC)COP(=O)([O-])OCC[N+](C)(C)C. The lowest BCUT2D eigenvalue weighted by Gasteiger charge is -2.28. The molecule has 0 heterocycles. The van der Waals surface area contributed by atoms with Crippen molar-refractivity contribution in [1.29, 1.82) is 0 Å². The number of likely N-dealkylation sites (N-methyl/N-ethyl adjacent to an activating group) is 1. The number of hydrogen-bond donors (Lipinski definition) is 0. The van der Waals surface area contributed by atoms with Gasteiger partial charge in [0.2, 0.25) is 0 Å². The maximum Gasteiger partial charge on any atom is 0.306 e. The van der Waals surface area contributed by atoms with E-state index in [1.54, 1.807) is 0 Å². The van der Waals surface area contributed by atoms with Gasteiger partial charge in [0.05, 0.1) is 27.7 Å². The van der Waals surface area contributed by atoms with Crippen LogP contribution in [0, 0.1) is 0 Å². The molecule has 0 saturated carbocycles. The van der Waals surface area contributed by atoms with Crippen molar-refractivity contribution in [3.63, 3.8) is 0 Å². The van der Waals surface area contributed by atoms with E-state index < -0.39 is 26.5 Å². The average Bonchev–Trinajstić information content (AvgIpc) is 3.29. The van der Waals surface area contributed by atoms with Crippen LogP contribution in [0.2, 0.25) is 0 Å². The Morgan fingerprint density at radius 1 is 0.463 bits per heavy atom. The van der Waals surface area contributed by atoms with Gasteiger partial charge in [0.25, 0.3) is 7.82 Å². The first-order valence-corrected chi connectivity index (χ1v) is 30.0. The summed E-state index contributed by atoms with van der Waals surface area (Å²) in [6.45, 7) is 4.19. The zero-order chi connectivity index (χ0) is 49.2. The number of nitrogens with zero attached hydrogens (tertiary/aromatic N) is 1. The molecule has 0 N–H and O–H groups in total. The average molecular weight is 968 g/mol. The van der Waals surface area contributed by atoms with Crippen LogP contribution in [-0.2, 0) is 32.7 Å². The number of allylic oxidation sites excluding steroid dienone is 4. The number of esters is 2. The quantitative estimate of drug-likeness (QED) is 0.0195. The smallest absolute Gasteiger partial charge is 0.306 e. The molecule has 0 amide bonds. The van der Waals surface area contributed by atoms with E-state index in [0.717, 1.165) is 64.2 Å². The number of unbranched alkanes of at least 4 members (excludes halogenated alkanes) is 35. The summed E-state index contributed by atoms with van der Waals surface area (Å²) in [7, 11) is 1.17. The summed E-state index contributed by atoms with van der Waals surface area (Å²) in [5.41, 5.74) is 0. The topological polar surface area (TPSA) is 111 Å². The van der Waals surface area contributed by atoms with Crippen molar-refractivity contribution in [3.05, 3.63) is 24.3 Å². The third-order valence-electron chi connectivity index (χ3n) is 12.7. The molecule has 67 heavy (non-hydrogen) atoms. The molecule has 0 aromatic rings. The highest BCUT2D eigenvalue weighted by atomic mass is 31.2. The summed E-state index contributed by atoms with van der Waals surface area (Å²) >= 11 is 0. The van der Waals surface area contributed by atoms with Gasteiger partial charge in [0, 0.05) is 12.8 Å². The van der Waals surface area contributed by atoms with Gasteiger partial charge < -0.3 is 27.9 Å². The van der Waals surface area contributed by atoms with Gasteiger partial charge in [-0.15, -0.1) is 0 Å². The second-order valence-electron chi connectivity index (χ2n) is 20.7. The van der Waals surface area contributed by atoms with Crippen molar-refractivity contribution >= 4 is 19.8 Å². The van der Waals surface area contributed by atoms with Gasteiger partial charge in [-0.3, -0.25) is 14.2 Å². The molecule has 0 bridgehead atoms. The summed E-state index contributed by atoms with van der Waals surface area (Å²) in [6, 6.07) is 0. The molecule has 0 rings (SSSR count). The Hall–Kier alpha value is -1.51. The molecule has 2 unspecified atom stereocenters. The van der Waals surface area contributed by atoms with E-state index in [4.69, 9.17) is 18.5 Å². The second kappa shape index (κ2) is 49.5. The zero-order valence-electron chi connectivity index (χ0n) is 44.9. The number of carbonyl (C=O) groups is 2. The monoisotopic (exact) mass is 968 g/mol. The van der Waals surface area contributed by atoms with Crippen molar-refractivity contribution in [1.82, 2.24) is 0 Å². The van der Waals surface area contributed by atoms with E-state index >= 15 is 0 Å². The molecule has 0 fully saturated rings. The third-order valence-corrected chi connectivity index (χ3v) is 13.7. The van der Waals surface area contributed by atoms with Crippen LogP contribution in [0.15, 0.2) is 24.3 Å². The molecule has 0 aliphatic heterocycles. The van der Waals surface area contributed by atoms with Crippen LogP contribution in [0.4, 0.5) is 0 Å². The maximum atomic E-state index is 12.7. The second-order valence-corrected chi connectivity index (χ2v) is 22.1. The molecule has 9 nitrogen and oxygen atoms in total.